The van der Waals surface area contributed by atoms with Gasteiger partial charge in [0, 0.05) is 18.6 Å². The number of hydrogen-bond acceptors (Lipinski definition) is 6. The number of piperidine rings is 1. The standard InChI is InChI=1S/C10H17N5OS/c1-6-5-7(3-4-15(6)2)12-8(16)9-13-14-10(11)17-9/h6-7H,3-5H2,1-2H3,(H2,11,14)(H,12,16). The monoisotopic (exact) mass is 255 g/mol. The molecule has 17 heavy (non-hydrogen) atoms. The minimum atomic E-state index is -0.166. The highest BCUT2D eigenvalue weighted by Gasteiger charge is 2.25. The van der Waals surface area contributed by atoms with Crippen LogP contribution in [0.25, 0.3) is 0 Å². The largest absolute Gasteiger partial charge is 0.374 e. The summed E-state index contributed by atoms with van der Waals surface area (Å²) in [5.41, 5.74) is 5.45. The Kier molecular flexibility index (Phi) is 3.58. The fourth-order valence-corrected chi connectivity index (χ4v) is 2.51. The third kappa shape index (κ3) is 2.92. The van der Waals surface area contributed by atoms with E-state index in [1.807, 2.05) is 0 Å². The van der Waals surface area contributed by atoms with Crippen LogP contribution in [0.4, 0.5) is 5.13 Å². The number of likely N-dealkylation sites (tertiary alicyclic amines) is 1. The lowest BCUT2D eigenvalue weighted by Gasteiger charge is -2.35. The van der Waals surface area contributed by atoms with E-state index < -0.39 is 0 Å². The molecule has 0 radical (unpaired) electrons. The van der Waals surface area contributed by atoms with Gasteiger partial charge in [0.2, 0.25) is 10.1 Å². The molecule has 3 N–H and O–H groups in total. The second-order valence-electron chi connectivity index (χ2n) is 4.47. The topological polar surface area (TPSA) is 84.1 Å². The lowest BCUT2D eigenvalue weighted by atomic mass is 9.99. The Morgan fingerprint density at radius 2 is 2.35 bits per heavy atom. The van der Waals surface area contributed by atoms with Crippen molar-refractivity contribution in [3.05, 3.63) is 5.01 Å². The first-order chi connectivity index (χ1) is 8.06. The Morgan fingerprint density at radius 3 is 2.94 bits per heavy atom. The first-order valence-electron chi connectivity index (χ1n) is 5.66. The Balaban J connectivity index is 1.91. The van der Waals surface area contributed by atoms with Gasteiger partial charge in [-0.25, -0.2) is 0 Å². The van der Waals surface area contributed by atoms with Gasteiger partial charge in [-0.3, -0.25) is 4.79 Å². The van der Waals surface area contributed by atoms with Gasteiger partial charge < -0.3 is 16.0 Å². The van der Waals surface area contributed by atoms with Gasteiger partial charge in [0.25, 0.3) is 5.91 Å². The predicted molar refractivity (Wildman–Crippen MR) is 66.9 cm³/mol. The minimum Gasteiger partial charge on any atom is -0.374 e. The van der Waals surface area contributed by atoms with E-state index in [0.29, 0.717) is 16.2 Å². The number of hydrogen-bond donors (Lipinski definition) is 2. The van der Waals surface area contributed by atoms with Crippen molar-refractivity contribution in [3.63, 3.8) is 0 Å². The van der Waals surface area contributed by atoms with E-state index in [0.717, 1.165) is 30.7 Å². The Morgan fingerprint density at radius 1 is 1.59 bits per heavy atom. The quantitative estimate of drug-likeness (QED) is 0.795. The molecule has 0 saturated carbocycles. The van der Waals surface area contributed by atoms with Crippen molar-refractivity contribution in [2.24, 2.45) is 0 Å². The summed E-state index contributed by atoms with van der Waals surface area (Å²) in [7, 11) is 2.11. The van der Waals surface area contributed by atoms with Crippen LogP contribution in [0, 0.1) is 0 Å². The number of anilines is 1. The Hall–Kier alpha value is -1.21. The highest BCUT2D eigenvalue weighted by atomic mass is 32.1. The summed E-state index contributed by atoms with van der Waals surface area (Å²) < 4.78 is 0. The van der Waals surface area contributed by atoms with Gasteiger partial charge in [0.15, 0.2) is 0 Å². The van der Waals surface area contributed by atoms with Crippen LogP contribution < -0.4 is 11.1 Å². The van der Waals surface area contributed by atoms with Crippen molar-refractivity contribution >= 4 is 22.4 Å². The summed E-state index contributed by atoms with van der Waals surface area (Å²) in [6.45, 7) is 3.17. The van der Waals surface area contributed by atoms with Gasteiger partial charge in [-0.1, -0.05) is 11.3 Å². The van der Waals surface area contributed by atoms with Crippen molar-refractivity contribution in [3.8, 4) is 0 Å². The number of nitrogen functional groups attached to an aromatic ring is 1. The van der Waals surface area contributed by atoms with Crippen molar-refractivity contribution in [1.29, 1.82) is 0 Å². The zero-order valence-corrected chi connectivity index (χ0v) is 10.8. The molecule has 2 atom stereocenters. The van der Waals surface area contributed by atoms with Crippen LogP contribution in [0.3, 0.4) is 0 Å². The van der Waals surface area contributed by atoms with Gasteiger partial charge in [-0.15, -0.1) is 10.2 Å². The van der Waals surface area contributed by atoms with Crippen LogP contribution in [0.2, 0.25) is 0 Å². The molecule has 94 valence electrons. The molecule has 0 aliphatic carbocycles. The molecule has 7 heteroatoms. The van der Waals surface area contributed by atoms with E-state index in [4.69, 9.17) is 5.73 Å². The van der Waals surface area contributed by atoms with E-state index >= 15 is 0 Å². The van der Waals surface area contributed by atoms with E-state index in [9.17, 15) is 4.79 Å². The van der Waals surface area contributed by atoms with Gasteiger partial charge in [0.1, 0.15) is 0 Å². The molecule has 1 aromatic rings. The van der Waals surface area contributed by atoms with Crippen molar-refractivity contribution in [2.75, 3.05) is 19.3 Å². The average Bonchev–Trinajstić information content (AvgIpc) is 2.70. The molecule has 1 aliphatic rings. The molecule has 1 aliphatic heterocycles. The lowest BCUT2D eigenvalue weighted by Crippen LogP contribution is -2.47. The first kappa shape index (κ1) is 12.3. The third-order valence-corrected chi connectivity index (χ3v) is 3.93. The maximum absolute atomic E-state index is 11.8. The van der Waals surface area contributed by atoms with Crippen LogP contribution in [0.1, 0.15) is 29.6 Å². The number of nitrogens with one attached hydrogen (secondary N) is 1. The number of nitrogens with two attached hydrogens (primary N) is 1. The second kappa shape index (κ2) is 4.97. The van der Waals surface area contributed by atoms with Crippen LogP contribution in [-0.2, 0) is 0 Å². The van der Waals surface area contributed by atoms with Gasteiger partial charge in [-0.05, 0) is 26.8 Å². The summed E-state index contributed by atoms with van der Waals surface area (Å²) >= 11 is 1.12. The molecule has 1 fully saturated rings. The van der Waals surface area contributed by atoms with Gasteiger partial charge in [0.05, 0.1) is 0 Å². The summed E-state index contributed by atoms with van der Waals surface area (Å²) in [6, 6.07) is 0.715. The van der Waals surface area contributed by atoms with E-state index in [2.05, 4.69) is 34.4 Å². The fourth-order valence-electron chi connectivity index (χ4n) is 1.99. The summed E-state index contributed by atoms with van der Waals surface area (Å²) in [4.78, 5) is 14.1. The van der Waals surface area contributed by atoms with E-state index in [1.54, 1.807) is 0 Å². The maximum Gasteiger partial charge on any atom is 0.282 e. The number of carbonyl (C=O) groups is 1. The number of carbonyl (C=O) groups excluding carboxylic acids is 1. The average molecular weight is 255 g/mol. The Labute approximate surface area is 104 Å². The summed E-state index contributed by atoms with van der Waals surface area (Å²) in [6.07, 6.45) is 1.94. The van der Waals surface area contributed by atoms with Crippen LogP contribution in [0.5, 0.6) is 0 Å². The number of rotatable bonds is 2. The van der Waals surface area contributed by atoms with Crippen LogP contribution >= 0.6 is 11.3 Å². The molecule has 2 unspecified atom stereocenters. The zero-order valence-electron chi connectivity index (χ0n) is 10.0. The van der Waals surface area contributed by atoms with Gasteiger partial charge >= 0.3 is 0 Å². The zero-order chi connectivity index (χ0) is 12.4. The Bertz CT molecular complexity index is 407. The number of aromatic nitrogens is 2. The maximum atomic E-state index is 11.8. The molecular formula is C10H17N5OS. The first-order valence-corrected chi connectivity index (χ1v) is 6.48. The molecule has 0 spiro atoms. The highest BCUT2D eigenvalue weighted by molar-refractivity contribution is 7.16. The van der Waals surface area contributed by atoms with Gasteiger partial charge in [-0.2, -0.15) is 0 Å². The molecule has 0 aromatic carbocycles. The van der Waals surface area contributed by atoms with Crippen molar-refractivity contribution < 1.29 is 4.79 Å². The molecule has 1 amide bonds. The third-order valence-electron chi connectivity index (χ3n) is 3.18. The van der Waals surface area contributed by atoms with Crippen molar-refractivity contribution in [2.45, 2.75) is 31.8 Å². The van der Waals surface area contributed by atoms with E-state index in [-0.39, 0.29) is 11.9 Å². The molecule has 1 saturated heterocycles. The lowest BCUT2D eigenvalue weighted by molar-refractivity contribution is 0.0895. The van der Waals surface area contributed by atoms with Crippen LogP contribution in [-0.4, -0.2) is 46.7 Å². The predicted octanol–water partition coefficient (Wildman–Crippen LogP) is 0.333. The smallest absolute Gasteiger partial charge is 0.282 e. The number of nitrogens with zero attached hydrogens (tertiary/aromatic N) is 3. The highest BCUT2D eigenvalue weighted by Crippen LogP contribution is 2.17. The molecule has 0 bridgehead atoms. The molecule has 2 rings (SSSR count). The second-order valence-corrected chi connectivity index (χ2v) is 5.48. The van der Waals surface area contributed by atoms with E-state index in [1.165, 1.54) is 0 Å². The normalized spacial score (nSPS) is 25.8. The van der Waals surface area contributed by atoms with Crippen LogP contribution in [0.15, 0.2) is 0 Å². The SMILES string of the molecule is CC1CC(NC(=O)c2nnc(N)s2)CCN1C. The molecule has 2 heterocycles. The summed E-state index contributed by atoms with van der Waals surface area (Å²) in [5, 5.41) is 11.0. The molecule has 1 aromatic heterocycles. The summed E-state index contributed by atoms with van der Waals surface area (Å²) in [5.74, 6) is -0.166. The fraction of sp³-hybridized carbons (Fsp3) is 0.700. The number of amides is 1. The minimum absolute atomic E-state index is 0.166. The molecule has 6 nitrogen and oxygen atoms in total. The molecular weight excluding hydrogens is 238 g/mol. The van der Waals surface area contributed by atoms with Crippen molar-refractivity contribution in [1.82, 2.24) is 20.4 Å².